The molecule has 0 aliphatic carbocycles. The highest BCUT2D eigenvalue weighted by Crippen LogP contribution is 2.34. The zero-order valence-corrected chi connectivity index (χ0v) is 14.6. The van der Waals surface area contributed by atoms with E-state index in [1.807, 2.05) is 0 Å². The highest BCUT2D eigenvalue weighted by molar-refractivity contribution is 9.10. The van der Waals surface area contributed by atoms with Crippen LogP contribution in [0, 0.1) is 5.82 Å². The van der Waals surface area contributed by atoms with Gasteiger partial charge in [-0.2, -0.15) is 0 Å². The fraction of sp³-hybridized carbons (Fsp3) is 0.312. The number of nitrogens with one attached hydrogen (secondary N) is 1. The first kappa shape index (κ1) is 18.1. The molecule has 24 heavy (non-hydrogen) atoms. The van der Waals surface area contributed by atoms with Crippen molar-refractivity contribution in [2.24, 2.45) is 0 Å². The number of rotatable bonds is 4. The van der Waals surface area contributed by atoms with E-state index in [2.05, 4.69) is 21.2 Å². The summed E-state index contributed by atoms with van der Waals surface area (Å²) in [6.07, 6.45) is -1.07. The van der Waals surface area contributed by atoms with E-state index in [1.165, 1.54) is 25.1 Å². The molecule has 8 heteroatoms. The molecule has 1 atom stereocenters. The number of benzene rings is 1. The maximum absolute atomic E-state index is 14.2. The lowest BCUT2D eigenvalue weighted by atomic mass is 9.90. The van der Waals surface area contributed by atoms with Crippen molar-refractivity contribution in [3.8, 4) is 0 Å². The van der Waals surface area contributed by atoms with E-state index < -0.39 is 24.0 Å². The lowest BCUT2D eigenvalue weighted by Gasteiger charge is -2.36. The van der Waals surface area contributed by atoms with Gasteiger partial charge in [-0.05, 0) is 31.5 Å². The van der Waals surface area contributed by atoms with Gasteiger partial charge >= 0.3 is 6.03 Å². The summed E-state index contributed by atoms with van der Waals surface area (Å²) in [6.45, 7) is 3.13. The van der Waals surface area contributed by atoms with Crippen LogP contribution in [0.15, 0.2) is 33.9 Å². The van der Waals surface area contributed by atoms with Crippen LogP contribution in [0.25, 0.3) is 0 Å². The maximum Gasteiger partial charge on any atom is 0.327 e. The molecule has 0 saturated carbocycles. The second kappa shape index (κ2) is 7.12. The van der Waals surface area contributed by atoms with Gasteiger partial charge < -0.3 is 15.2 Å². The Labute approximate surface area is 146 Å². The molecule has 0 fully saturated rings. The van der Waals surface area contributed by atoms with Gasteiger partial charge in [0.15, 0.2) is 5.78 Å². The van der Waals surface area contributed by atoms with Crippen LogP contribution in [-0.4, -0.2) is 22.8 Å². The van der Waals surface area contributed by atoms with Crippen molar-refractivity contribution in [1.82, 2.24) is 10.2 Å². The summed E-state index contributed by atoms with van der Waals surface area (Å²) in [6, 6.07) is 2.09. The minimum absolute atomic E-state index is 0.0395. The van der Waals surface area contributed by atoms with Gasteiger partial charge in [-0.3, -0.25) is 9.69 Å². The van der Waals surface area contributed by atoms with E-state index in [1.54, 1.807) is 6.92 Å². The van der Waals surface area contributed by atoms with Gasteiger partial charge in [-0.15, -0.1) is 0 Å². The first-order valence-corrected chi connectivity index (χ1v) is 8.07. The van der Waals surface area contributed by atoms with Gasteiger partial charge in [0.1, 0.15) is 11.9 Å². The quantitative estimate of drug-likeness (QED) is 0.845. The second-order valence-corrected chi connectivity index (χ2v) is 6.24. The topological polar surface area (TPSA) is 89.5 Å². The van der Waals surface area contributed by atoms with Crippen LogP contribution in [0.5, 0.6) is 0 Å². The molecule has 1 N–H and O–H groups in total. The fourth-order valence-corrected chi connectivity index (χ4v) is 3.03. The van der Waals surface area contributed by atoms with Crippen molar-refractivity contribution in [3.05, 3.63) is 45.3 Å². The standard InChI is InChI=1S/C16H16BrFN2O4/c1-3-4-12(21)13-8(2)20(16(23)24)15(22)19-14(13)10-7-9(17)5-6-11(10)18/h5-7,14H,3-4H2,1-2H3,(H,19,22)(H,23,24)/p-1. The molecule has 1 heterocycles. The molecule has 1 aliphatic rings. The second-order valence-electron chi connectivity index (χ2n) is 5.32. The SMILES string of the molecule is CCCC(=O)C1=C(C)N(C(=O)[O-])C(=O)NC1c1cc(Br)ccc1F. The molecule has 0 bridgehead atoms. The number of hydrogen-bond donors (Lipinski definition) is 1. The summed E-state index contributed by atoms with van der Waals surface area (Å²) in [5, 5.41) is 13.6. The van der Waals surface area contributed by atoms with Crippen molar-refractivity contribution in [2.45, 2.75) is 32.7 Å². The predicted octanol–water partition coefficient (Wildman–Crippen LogP) is 2.64. The van der Waals surface area contributed by atoms with Crippen LogP contribution in [-0.2, 0) is 4.79 Å². The smallest absolute Gasteiger partial charge is 0.327 e. The van der Waals surface area contributed by atoms with Crippen molar-refractivity contribution in [2.75, 3.05) is 0 Å². The Kier molecular flexibility index (Phi) is 5.38. The Bertz CT molecular complexity index is 748. The molecule has 0 radical (unpaired) electrons. The fourth-order valence-electron chi connectivity index (χ4n) is 2.66. The number of hydrogen-bond acceptors (Lipinski definition) is 4. The zero-order chi connectivity index (χ0) is 18.0. The van der Waals surface area contributed by atoms with Gasteiger partial charge in [0.2, 0.25) is 0 Å². The Balaban J connectivity index is 2.65. The highest BCUT2D eigenvalue weighted by Gasteiger charge is 2.36. The summed E-state index contributed by atoms with van der Waals surface area (Å²) in [5.74, 6) is -0.967. The lowest BCUT2D eigenvalue weighted by Crippen LogP contribution is -2.54. The van der Waals surface area contributed by atoms with Crippen LogP contribution in [0.1, 0.15) is 38.3 Å². The van der Waals surface area contributed by atoms with Crippen molar-refractivity contribution < 1.29 is 23.9 Å². The Morgan fingerprint density at radius 3 is 2.67 bits per heavy atom. The molecule has 128 valence electrons. The average molecular weight is 398 g/mol. The summed E-state index contributed by atoms with van der Waals surface area (Å²) < 4.78 is 14.8. The van der Waals surface area contributed by atoms with E-state index >= 15 is 0 Å². The maximum atomic E-state index is 14.2. The number of imide groups is 1. The van der Waals surface area contributed by atoms with Gasteiger partial charge in [0.05, 0.1) is 6.04 Å². The van der Waals surface area contributed by atoms with Crippen LogP contribution >= 0.6 is 15.9 Å². The van der Waals surface area contributed by atoms with E-state index in [9.17, 15) is 23.9 Å². The molecular weight excluding hydrogens is 383 g/mol. The van der Waals surface area contributed by atoms with E-state index in [0.717, 1.165) is 0 Å². The number of urea groups is 1. The first-order valence-electron chi connectivity index (χ1n) is 7.28. The molecule has 1 aromatic rings. The third-order valence-corrected chi connectivity index (χ3v) is 4.21. The number of allylic oxidation sites excluding steroid dienone is 1. The molecule has 1 aromatic carbocycles. The predicted molar refractivity (Wildman–Crippen MR) is 85.2 cm³/mol. The van der Waals surface area contributed by atoms with E-state index in [0.29, 0.717) is 15.8 Å². The normalized spacial score (nSPS) is 17.8. The van der Waals surface area contributed by atoms with E-state index in [-0.39, 0.29) is 29.0 Å². The van der Waals surface area contributed by atoms with E-state index in [4.69, 9.17) is 0 Å². The summed E-state index contributed by atoms with van der Waals surface area (Å²) in [7, 11) is 0. The van der Waals surface area contributed by atoms with Crippen LogP contribution in [0.4, 0.5) is 14.0 Å². The van der Waals surface area contributed by atoms with Crippen LogP contribution in [0.2, 0.25) is 0 Å². The number of carbonyl (C=O) groups is 3. The molecule has 6 nitrogen and oxygen atoms in total. The Hall–Kier alpha value is -2.22. The third-order valence-electron chi connectivity index (χ3n) is 3.71. The number of nitrogens with zero attached hydrogens (tertiary/aromatic N) is 1. The number of Topliss-reactive ketones (excluding diaryl/α,β-unsaturated/α-hetero) is 1. The molecule has 0 saturated heterocycles. The average Bonchev–Trinajstić information content (AvgIpc) is 2.48. The van der Waals surface area contributed by atoms with Gasteiger partial charge in [-0.1, -0.05) is 22.9 Å². The van der Waals surface area contributed by atoms with Gasteiger partial charge in [0, 0.05) is 27.7 Å². The number of halogens is 2. The summed E-state index contributed by atoms with van der Waals surface area (Å²) >= 11 is 3.22. The summed E-state index contributed by atoms with van der Waals surface area (Å²) in [5.41, 5.74) is 0.0498. The minimum Gasteiger partial charge on any atom is -0.529 e. The Morgan fingerprint density at radius 1 is 1.42 bits per heavy atom. The molecule has 0 spiro atoms. The zero-order valence-electron chi connectivity index (χ0n) is 13.1. The number of carboxylic acid groups (broad SMARTS) is 1. The molecule has 1 aliphatic heterocycles. The molecule has 3 amide bonds. The highest BCUT2D eigenvalue weighted by atomic mass is 79.9. The van der Waals surface area contributed by atoms with Crippen molar-refractivity contribution in [1.29, 1.82) is 0 Å². The molecule has 1 unspecified atom stereocenters. The first-order chi connectivity index (χ1) is 11.3. The summed E-state index contributed by atoms with van der Waals surface area (Å²) in [4.78, 5) is 36.1. The molecule has 0 aromatic heterocycles. The van der Waals surface area contributed by atoms with Crippen LogP contribution in [0.3, 0.4) is 0 Å². The lowest BCUT2D eigenvalue weighted by molar-refractivity contribution is -0.259. The minimum atomic E-state index is -1.75. The van der Waals surface area contributed by atoms with Crippen LogP contribution < -0.4 is 10.4 Å². The third kappa shape index (κ3) is 3.33. The number of carbonyl (C=O) groups excluding carboxylic acids is 3. The largest absolute Gasteiger partial charge is 0.529 e. The van der Waals surface area contributed by atoms with Gasteiger partial charge in [-0.25, -0.2) is 9.18 Å². The van der Waals surface area contributed by atoms with Crippen molar-refractivity contribution >= 4 is 33.8 Å². The molecule has 2 rings (SSSR count). The molecular formula is C16H15BrFN2O4-. The number of ketones is 1. The monoisotopic (exact) mass is 397 g/mol. The Morgan fingerprint density at radius 2 is 2.08 bits per heavy atom. The number of amides is 3. The van der Waals surface area contributed by atoms with Crippen molar-refractivity contribution in [3.63, 3.8) is 0 Å². The van der Waals surface area contributed by atoms with Gasteiger partial charge in [0.25, 0.3) is 0 Å².